The van der Waals surface area contributed by atoms with Crippen LogP contribution < -0.4 is 15.0 Å². The normalized spacial score (nSPS) is 17.5. The minimum atomic E-state index is -0.0809. The summed E-state index contributed by atoms with van der Waals surface area (Å²) >= 11 is 0. The van der Waals surface area contributed by atoms with Gasteiger partial charge in [0, 0.05) is 37.7 Å². The molecule has 2 fully saturated rings. The molecule has 6 nitrogen and oxygen atoms in total. The van der Waals surface area contributed by atoms with Crippen molar-refractivity contribution in [3.8, 4) is 5.75 Å². The molecule has 1 N–H and O–H groups in total. The number of amides is 2. The second kappa shape index (κ2) is 10.5. The van der Waals surface area contributed by atoms with Crippen LogP contribution in [0.2, 0.25) is 0 Å². The largest absolute Gasteiger partial charge is 0.497 e. The number of piperidine rings is 1. The standard InChI is InChI=1S/C26H33N3O3/c1-32-22-12-10-20(11-13-22)25(30)21-14-18-29(19-15-21)26(31)27-23-8-4-5-9-24(23)28-16-6-2-3-7-17-28/h4-5,8-13,21H,2-3,6-7,14-19H2,1H3,(H,27,31). The van der Waals surface area contributed by atoms with Gasteiger partial charge in [-0.25, -0.2) is 4.79 Å². The van der Waals surface area contributed by atoms with Crippen LogP contribution in [0.3, 0.4) is 0 Å². The number of carbonyl (C=O) groups is 2. The number of anilines is 2. The molecule has 2 heterocycles. The molecule has 2 aliphatic heterocycles. The Hall–Kier alpha value is -3.02. The Labute approximate surface area is 190 Å². The molecular weight excluding hydrogens is 402 g/mol. The summed E-state index contributed by atoms with van der Waals surface area (Å²) in [7, 11) is 1.62. The highest BCUT2D eigenvalue weighted by molar-refractivity contribution is 5.98. The number of methoxy groups -OCH3 is 1. The number of para-hydroxylation sites is 2. The number of urea groups is 1. The Morgan fingerprint density at radius 1 is 0.875 bits per heavy atom. The molecule has 32 heavy (non-hydrogen) atoms. The van der Waals surface area contributed by atoms with Crippen LogP contribution in [0.5, 0.6) is 5.75 Å². The first kappa shape index (κ1) is 22.2. The molecule has 0 bridgehead atoms. The molecule has 170 valence electrons. The highest BCUT2D eigenvalue weighted by atomic mass is 16.5. The Bertz CT molecular complexity index is 912. The van der Waals surface area contributed by atoms with E-state index in [0.717, 1.165) is 30.2 Å². The molecule has 0 aromatic heterocycles. The number of rotatable bonds is 5. The van der Waals surface area contributed by atoms with Crippen LogP contribution in [-0.2, 0) is 0 Å². The zero-order valence-electron chi connectivity index (χ0n) is 18.9. The van der Waals surface area contributed by atoms with Crippen LogP contribution in [0.25, 0.3) is 0 Å². The van der Waals surface area contributed by atoms with E-state index in [0.29, 0.717) is 31.5 Å². The fraction of sp³-hybridized carbons (Fsp3) is 0.462. The molecule has 2 amide bonds. The average molecular weight is 436 g/mol. The summed E-state index contributed by atoms with van der Waals surface area (Å²) < 4.78 is 5.17. The van der Waals surface area contributed by atoms with Gasteiger partial charge in [-0.2, -0.15) is 0 Å². The second-order valence-electron chi connectivity index (χ2n) is 8.70. The van der Waals surface area contributed by atoms with E-state index in [4.69, 9.17) is 4.74 Å². The first-order valence-electron chi connectivity index (χ1n) is 11.7. The van der Waals surface area contributed by atoms with Crippen LogP contribution >= 0.6 is 0 Å². The van der Waals surface area contributed by atoms with E-state index in [-0.39, 0.29) is 17.7 Å². The number of hydrogen-bond donors (Lipinski definition) is 1. The number of benzene rings is 2. The topological polar surface area (TPSA) is 61.9 Å². The lowest BCUT2D eigenvalue weighted by Crippen LogP contribution is -2.42. The third-order valence-corrected chi connectivity index (χ3v) is 6.62. The van der Waals surface area contributed by atoms with Crippen molar-refractivity contribution in [1.82, 2.24) is 4.90 Å². The van der Waals surface area contributed by atoms with Crippen molar-refractivity contribution in [2.24, 2.45) is 5.92 Å². The quantitative estimate of drug-likeness (QED) is 0.656. The van der Waals surface area contributed by atoms with Gasteiger partial charge in [-0.1, -0.05) is 25.0 Å². The van der Waals surface area contributed by atoms with Gasteiger partial charge < -0.3 is 19.9 Å². The Balaban J connectivity index is 1.34. The molecule has 0 radical (unpaired) electrons. The van der Waals surface area contributed by atoms with Crippen molar-refractivity contribution in [3.05, 3.63) is 54.1 Å². The Morgan fingerprint density at radius 3 is 2.19 bits per heavy atom. The summed E-state index contributed by atoms with van der Waals surface area (Å²) in [5.41, 5.74) is 2.68. The van der Waals surface area contributed by atoms with E-state index in [1.165, 1.54) is 25.7 Å². The first-order valence-corrected chi connectivity index (χ1v) is 11.7. The molecule has 0 aliphatic carbocycles. The molecule has 4 rings (SSSR count). The third kappa shape index (κ3) is 5.23. The van der Waals surface area contributed by atoms with Crippen LogP contribution in [0.1, 0.15) is 48.9 Å². The van der Waals surface area contributed by atoms with Gasteiger partial charge in [0.2, 0.25) is 0 Å². The third-order valence-electron chi connectivity index (χ3n) is 6.62. The number of Topliss-reactive ketones (excluding diaryl/α,β-unsaturated/α-hetero) is 1. The fourth-order valence-electron chi connectivity index (χ4n) is 4.70. The van der Waals surface area contributed by atoms with Gasteiger partial charge in [0.25, 0.3) is 0 Å². The summed E-state index contributed by atoms with van der Waals surface area (Å²) in [5, 5.41) is 3.13. The van der Waals surface area contributed by atoms with E-state index in [1.807, 2.05) is 47.4 Å². The van der Waals surface area contributed by atoms with Crippen molar-refractivity contribution < 1.29 is 14.3 Å². The second-order valence-corrected chi connectivity index (χ2v) is 8.70. The van der Waals surface area contributed by atoms with Gasteiger partial charge in [0.05, 0.1) is 18.5 Å². The van der Waals surface area contributed by atoms with Crippen molar-refractivity contribution in [2.75, 3.05) is 43.5 Å². The summed E-state index contributed by atoms with van der Waals surface area (Å²) in [6.07, 6.45) is 6.30. The minimum Gasteiger partial charge on any atom is -0.497 e. The number of nitrogens with zero attached hydrogens (tertiary/aromatic N) is 2. The number of nitrogens with one attached hydrogen (secondary N) is 1. The molecule has 2 saturated heterocycles. The van der Waals surface area contributed by atoms with E-state index in [1.54, 1.807) is 7.11 Å². The Morgan fingerprint density at radius 2 is 1.53 bits per heavy atom. The maximum atomic E-state index is 13.0. The monoisotopic (exact) mass is 435 g/mol. The van der Waals surface area contributed by atoms with Crippen molar-refractivity contribution in [3.63, 3.8) is 0 Å². The highest BCUT2D eigenvalue weighted by Crippen LogP contribution is 2.29. The fourth-order valence-corrected chi connectivity index (χ4v) is 4.70. The van der Waals surface area contributed by atoms with Crippen LogP contribution in [0.4, 0.5) is 16.2 Å². The maximum Gasteiger partial charge on any atom is 0.321 e. The predicted octanol–water partition coefficient (Wildman–Crippen LogP) is 5.20. The molecule has 2 aromatic carbocycles. The van der Waals surface area contributed by atoms with Crippen LogP contribution in [-0.4, -0.2) is 50.0 Å². The van der Waals surface area contributed by atoms with Gasteiger partial charge in [-0.15, -0.1) is 0 Å². The van der Waals surface area contributed by atoms with Gasteiger partial charge >= 0.3 is 6.03 Å². The summed E-state index contributed by atoms with van der Waals surface area (Å²) in [6, 6.07) is 15.3. The number of hydrogen-bond acceptors (Lipinski definition) is 4. The first-order chi connectivity index (χ1) is 15.7. The van der Waals surface area contributed by atoms with Crippen molar-refractivity contribution in [1.29, 1.82) is 0 Å². The van der Waals surface area contributed by atoms with Gasteiger partial charge in [0.1, 0.15) is 5.75 Å². The smallest absolute Gasteiger partial charge is 0.321 e. The Kier molecular flexibility index (Phi) is 7.30. The van der Waals surface area contributed by atoms with E-state index < -0.39 is 0 Å². The summed E-state index contributed by atoms with van der Waals surface area (Å²) in [4.78, 5) is 30.1. The van der Waals surface area contributed by atoms with Gasteiger partial charge in [0.15, 0.2) is 5.78 Å². The lowest BCUT2D eigenvalue weighted by molar-refractivity contribution is 0.0859. The van der Waals surface area contributed by atoms with E-state index in [2.05, 4.69) is 16.3 Å². The zero-order chi connectivity index (χ0) is 22.3. The van der Waals surface area contributed by atoms with E-state index in [9.17, 15) is 9.59 Å². The lowest BCUT2D eigenvalue weighted by atomic mass is 9.89. The molecule has 6 heteroatoms. The predicted molar refractivity (Wildman–Crippen MR) is 128 cm³/mol. The maximum absolute atomic E-state index is 13.0. The number of ether oxygens (including phenoxy) is 1. The number of likely N-dealkylation sites (tertiary alicyclic amines) is 1. The molecular formula is C26H33N3O3. The number of ketones is 1. The average Bonchev–Trinajstić information content (AvgIpc) is 3.14. The molecule has 2 aromatic rings. The summed E-state index contributed by atoms with van der Waals surface area (Å²) in [6.45, 7) is 3.24. The minimum absolute atomic E-state index is 0.0446. The number of carbonyl (C=O) groups excluding carboxylic acids is 2. The molecule has 0 spiro atoms. The summed E-state index contributed by atoms with van der Waals surface area (Å²) in [5.74, 6) is 0.851. The molecule has 0 saturated carbocycles. The molecule has 0 atom stereocenters. The zero-order valence-corrected chi connectivity index (χ0v) is 18.9. The highest BCUT2D eigenvalue weighted by Gasteiger charge is 2.28. The van der Waals surface area contributed by atoms with E-state index >= 15 is 0 Å². The van der Waals surface area contributed by atoms with Crippen LogP contribution in [0, 0.1) is 5.92 Å². The van der Waals surface area contributed by atoms with Crippen molar-refractivity contribution in [2.45, 2.75) is 38.5 Å². The van der Waals surface area contributed by atoms with Gasteiger partial charge in [-0.05, 0) is 62.1 Å². The van der Waals surface area contributed by atoms with Gasteiger partial charge in [-0.3, -0.25) is 4.79 Å². The molecule has 2 aliphatic rings. The SMILES string of the molecule is COc1ccc(C(=O)C2CCN(C(=O)Nc3ccccc3N3CCCCCC3)CC2)cc1. The lowest BCUT2D eigenvalue weighted by Gasteiger charge is -2.32. The van der Waals surface area contributed by atoms with Crippen LogP contribution in [0.15, 0.2) is 48.5 Å². The van der Waals surface area contributed by atoms with Crippen molar-refractivity contribution >= 4 is 23.2 Å². The molecule has 0 unspecified atom stereocenters.